The molecule has 33 heavy (non-hydrogen) atoms. The molecule has 0 amide bonds. The molecule has 2 aromatic rings. The first-order valence-corrected chi connectivity index (χ1v) is 14.6. The van der Waals surface area contributed by atoms with E-state index in [9.17, 15) is 4.79 Å². The van der Waals surface area contributed by atoms with Gasteiger partial charge in [0.2, 0.25) is 0 Å². The van der Waals surface area contributed by atoms with Crippen LogP contribution in [0.2, 0.25) is 0 Å². The summed E-state index contributed by atoms with van der Waals surface area (Å²) in [6.07, 6.45) is 4.79. The number of thioether (sulfide) groups is 1. The molecule has 0 saturated carbocycles. The number of quaternary nitrogens is 1. The van der Waals surface area contributed by atoms with Crippen LogP contribution in [-0.2, 0) is 21.5 Å². The molecule has 5 heterocycles. The molecular weight excluding hydrogens is 448 g/mol. The van der Waals surface area contributed by atoms with Crippen molar-refractivity contribution >= 4 is 29.1 Å². The van der Waals surface area contributed by atoms with Crippen molar-refractivity contribution in [3.63, 3.8) is 0 Å². The van der Waals surface area contributed by atoms with Crippen molar-refractivity contribution in [2.75, 3.05) is 50.8 Å². The Morgan fingerprint density at radius 1 is 1.12 bits per heavy atom. The van der Waals surface area contributed by atoms with Crippen LogP contribution in [0.25, 0.3) is 0 Å². The zero-order valence-electron chi connectivity index (χ0n) is 19.8. The summed E-state index contributed by atoms with van der Waals surface area (Å²) in [4.78, 5) is 17.3. The lowest BCUT2D eigenvalue weighted by molar-refractivity contribution is -0.946. The summed E-state index contributed by atoms with van der Waals surface area (Å²) in [6, 6.07) is 15.0. The van der Waals surface area contributed by atoms with Crippen LogP contribution in [0.5, 0.6) is 0 Å². The van der Waals surface area contributed by atoms with E-state index in [1.165, 1.54) is 44.5 Å². The number of carbonyl (C=O) groups excluding carboxylic acids is 1. The maximum absolute atomic E-state index is 13.8. The molecule has 178 valence electrons. The molecular formula is C27H37N2O2S2+. The molecule has 2 bridgehead atoms. The SMILES string of the molecule is CC(C(=O)O[C@H]1C[N+]2(CCCc3ccccc3)CCC1CC2)(c1cccs1)N1CCSCC1. The van der Waals surface area contributed by atoms with Gasteiger partial charge in [0, 0.05) is 54.7 Å². The summed E-state index contributed by atoms with van der Waals surface area (Å²) >= 11 is 3.67. The molecule has 4 fully saturated rings. The molecule has 4 aliphatic heterocycles. The van der Waals surface area contributed by atoms with Crippen LogP contribution in [0.1, 0.15) is 36.6 Å². The summed E-state index contributed by atoms with van der Waals surface area (Å²) < 4.78 is 7.60. The van der Waals surface area contributed by atoms with E-state index in [1.807, 2.05) is 11.8 Å². The Balaban J connectivity index is 1.26. The fourth-order valence-electron chi connectivity index (χ4n) is 6.14. The molecule has 6 rings (SSSR count). The average Bonchev–Trinajstić information content (AvgIpc) is 3.41. The van der Waals surface area contributed by atoms with Crippen molar-refractivity contribution in [3.8, 4) is 0 Å². The lowest BCUT2D eigenvalue weighted by Gasteiger charge is -2.52. The van der Waals surface area contributed by atoms with Crippen molar-refractivity contribution in [1.82, 2.24) is 4.90 Å². The van der Waals surface area contributed by atoms with Crippen LogP contribution >= 0.6 is 23.1 Å². The van der Waals surface area contributed by atoms with Crippen LogP contribution < -0.4 is 0 Å². The molecule has 0 aliphatic carbocycles. The summed E-state index contributed by atoms with van der Waals surface area (Å²) in [5.41, 5.74) is 0.760. The lowest BCUT2D eigenvalue weighted by Crippen LogP contribution is -2.65. The lowest BCUT2D eigenvalue weighted by atomic mass is 9.82. The first-order chi connectivity index (χ1) is 16.1. The number of hydrogen-bond acceptors (Lipinski definition) is 5. The van der Waals surface area contributed by atoms with Crippen LogP contribution in [-0.4, -0.2) is 72.2 Å². The molecule has 0 spiro atoms. The molecule has 0 radical (unpaired) electrons. The van der Waals surface area contributed by atoms with Gasteiger partial charge in [0.05, 0.1) is 19.6 Å². The number of rotatable bonds is 8. The third-order valence-electron chi connectivity index (χ3n) is 8.28. The smallest absolute Gasteiger partial charge is 0.332 e. The third kappa shape index (κ3) is 4.90. The Labute approximate surface area is 206 Å². The Morgan fingerprint density at radius 3 is 2.58 bits per heavy atom. The highest BCUT2D eigenvalue weighted by Crippen LogP contribution is 2.39. The highest BCUT2D eigenvalue weighted by molar-refractivity contribution is 7.99. The molecule has 0 N–H and O–H groups in total. The number of thiophene rings is 1. The van der Waals surface area contributed by atoms with Gasteiger partial charge in [-0.05, 0) is 30.4 Å². The van der Waals surface area contributed by atoms with Gasteiger partial charge in [0.25, 0.3) is 0 Å². The Hall–Kier alpha value is -1.34. The number of hydrogen-bond donors (Lipinski definition) is 0. The maximum Gasteiger partial charge on any atom is 0.332 e. The van der Waals surface area contributed by atoms with Crippen LogP contribution in [0.15, 0.2) is 47.8 Å². The number of fused-ring (bicyclic) bond motifs is 3. The predicted molar refractivity (Wildman–Crippen MR) is 138 cm³/mol. The summed E-state index contributed by atoms with van der Waals surface area (Å²) in [5.74, 6) is 2.68. The standard InChI is InChI=1S/C27H37N2O2S2/c1-27(25-10-6-18-33-25,28-13-19-32-20-14-28)26(30)31-24-21-29(16-11-23(24)12-17-29)15-5-9-22-7-3-2-4-8-22/h2-4,6-8,10,18,23-24H,5,9,11-17,19-21H2,1H3/q+1/t23?,24-,27?,29?/m0/s1. The van der Waals surface area contributed by atoms with E-state index >= 15 is 0 Å². The molecule has 1 aromatic heterocycles. The third-order valence-corrected chi connectivity index (χ3v) is 10.3. The second kappa shape index (κ2) is 10.1. The van der Waals surface area contributed by atoms with Gasteiger partial charge in [0.1, 0.15) is 6.54 Å². The monoisotopic (exact) mass is 485 g/mol. The number of ether oxygens (including phenoxy) is 1. The molecule has 4 aliphatic rings. The van der Waals surface area contributed by atoms with Gasteiger partial charge in [-0.25, -0.2) is 4.79 Å². The zero-order chi connectivity index (χ0) is 22.7. The highest BCUT2D eigenvalue weighted by Gasteiger charge is 2.50. The second-order valence-electron chi connectivity index (χ2n) is 10.2. The van der Waals surface area contributed by atoms with E-state index in [0.29, 0.717) is 5.92 Å². The Bertz CT molecular complexity index is 905. The van der Waals surface area contributed by atoms with E-state index in [1.54, 1.807) is 11.3 Å². The Morgan fingerprint density at radius 2 is 1.88 bits per heavy atom. The predicted octanol–water partition coefficient (Wildman–Crippen LogP) is 4.80. The summed E-state index contributed by atoms with van der Waals surface area (Å²) in [5, 5.41) is 2.08. The minimum atomic E-state index is -0.667. The summed E-state index contributed by atoms with van der Waals surface area (Å²) in [6.45, 7) is 8.69. The van der Waals surface area contributed by atoms with Gasteiger partial charge in [0.15, 0.2) is 11.6 Å². The highest BCUT2D eigenvalue weighted by atomic mass is 32.2. The molecule has 1 aromatic carbocycles. The fraction of sp³-hybridized carbons (Fsp3) is 0.593. The topological polar surface area (TPSA) is 29.5 Å². The number of nitrogens with zero attached hydrogens (tertiary/aromatic N) is 2. The largest absolute Gasteiger partial charge is 0.454 e. The van der Waals surface area contributed by atoms with Gasteiger partial charge >= 0.3 is 5.97 Å². The van der Waals surface area contributed by atoms with Gasteiger partial charge < -0.3 is 9.22 Å². The van der Waals surface area contributed by atoms with Crippen molar-refractivity contribution in [2.45, 2.75) is 44.2 Å². The minimum Gasteiger partial charge on any atom is -0.454 e. The molecule has 6 heteroatoms. The van der Waals surface area contributed by atoms with Crippen LogP contribution in [0, 0.1) is 5.92 Å². The van der Waals surface area contributed by atoms with Crippen molar-refractivity contribution in [2.24, 2.45) is 5.92 Å². The van der Waals surface area contributed by atoms with E-state index in [-0.39, 0.29) is 12.1 Å². The molecule has 2 atom stereocenters. The van der Waals surface area contributed by atoms with E-state index < -0.39 is 5.54 Å². The number of aryl methyl sites for hydroxylation is 1. The Kier molecular flexibility index (Phi) is 7.17. The van der Waals surface area contributed by atoms with Gasteiger partial charge in [-0.3, -0.25) is 4.90 Å². The van der Waals surface area contributed by atoms with Gasteiger partial charge in [-0.2, -0.15) is 11.8 Å². The number of benzene rings is 1. The van der Waals surface area contributed by atoms with Gasteiger partial charge in [-0.15, -0.1) is 11.3 Å². The average molecular weight is 486 g/mol. The molecule has 1 unspecified atom stereocenters. The first-order valence-electron chi connectivity index (χ1n) is 12.6. The van der Waals surface area contributed by atoms with Crippen molar-refractivity contribution in [3.05, 3.63) is 58.3 Å². The van der Waals surface area contributed by atoms with Crippen LogP contribution in [0.4, 0.5) is 0 Å². The van der Waals surface area contributed by atoms with E-state index in [4.69, 9.17) is 4.74 Å². The normalized spacial score (nSPS) is 29.5. The van der Waals surface area contributed by atoms with E-state index in [0.717, 1.165) is 46.9 Å². The zero-order valence-corrected chi connectivity index (χ0v) is 21.4. The number of esters is 1. The first kappa shape index (κ1) is 23.4. The van der Waals surface area contributed by atoms with Crippen molar-refractivity contribution in [1.29, 1.82) is 0 Å². The van der Waals surface area contributed by atoms with Gasteiger partial charge in [-0.1, -0.05) is 36.4 Å². The summed E-state index contributed by atoms with van der Waals surface area (Å²) in [7, 11) is 0. The quantitative estimate of drug-likeness (QED) is 0.397. The van der Waals surface area contributed by atoms with E-state index in [2.05, 4.69) is 59.7 Å². The fourth-order valence-corrected chi connectivity index (χ4v) is 7.94. The number of carbonyl (C=O) groups is 1. The van der Waals surface area contributed by atoms with Crippen molar-refractivity contribution < 1.29 is 14.0 Å². The molecule has 4 saturated heterocycles. The maximum atomic E-state index is 13.8. The number of piperidine rings is 3. The second-order valence-corrected chi connectivity index (χ2v) is 12.4. The van der Waals surface area contributed by atoms with Crippen LogP contribution in [0.3, 0.4) is 0 Å². The minimum absolute atomic E-state index is 0.0296. The molecule has 4 nitrogen and oxygen atoms in total.